The van der Waals surface area contributed by atoms with E-state index in [1.807, 2.05) is 22.8 Å². The number of nitrogens with zero attached hydrogens (tertiary/aromatic N) is 2. The molecule has 1 aromatic heterocycles. The van der Waals surface area contributed by atoms with Crippen LogP contribution in [0.15, 0.2) is 18.2 Å². The quantitative estimate of drug-likeness (QED) is 0.601. The van der Waals surface area contributed by atoms with E-state index >= 15 is 0 Å². The van der Waals surface area contributed by atoms with Gasteiger partial charge >= 0.3 is 0 Å². The van der Waals surface area contributed by atoms with Crippen LogP contribution >= 0.6 is 0 Å². The van der Waals surface area contributed by atoms with Crippen LogP contribution in [0.1, 0.15) is 19.7 Å². The Morgan fingerprint density at radius 3 is 2.91 bits per heavy atom. The van der Waals surface area contributed by atoms with Crippen LogP contribution in [0, 0.1) is 5.92 Å². The van der Waals surface area contributed by atoms with Gasteiger partial charge < -0.3 is 20.4 Å². The lowest BCUT2D eigenvalue weighted by Gasteiger charge is -2.11. The van der Waals surface area contributed by atoms with Crippen molar-refractivity contribution in [1.82, 2.24) is 14.9 Å². The average molecular weight is 304 g/mol. The molecule has 2 aromatic rings. The summed E-state index contributed by atoms with van der Waals surface area (Å²) in [6, 6.07) is 5.67. The first-order chi connectivity index (χ1) is 10.5. The van der Waals surface area contributed by atoms with Crippen molar-refractivity contribution in [3.05, 3.63) is 24.0 Å². The monoisotopic (exact) mass is 304 g/mol. The highest BCUT2D eigenvalue weighted by atomic mass is 16.5. The Morgan fingerprint density at radius 2 is 2.23 bits per heavy atom. The molecule has 120 valence electrons. The summed E-state index contributed by atoms with van der Waals surface area (Å²) in [6.45, 7) is 5.51. The van der Waals surface area contributed by atoms with Crippen molar-refractivity contribution in [2.24, 2.45) is 5.92 Å². The Morgan fingerprint density at radius 1 is 1.45 bits per heavy atom. The minimum atomic E-state index is -0.0521. The molecule has 1 heterocycles. The van der Waals surface area contributed by atoms with Gasteiger partial charge in [-0.15, -0.1) is 0 Å². The zero-order valence-electron chi connectivity index (χ0n) is 13.4. The second-order valence-electron chi connectivity index (χ2n) is 5.77. The highest BCUT2D eigenvalue weighted by Gasteiger charge is 2.15. The Balaban J connectivity index is 2.29. The molecule has 0 aliphatic carbocycles. The standard InChI is InChI=1S/C16H24N4O2/c1-11(2)9-14-19-16-12(17)5-4-6-13(16)20(14)10-15(21)18-7-8-22-3/h4-6,11H,7-10,17H2,1-3H3,(H,18,21). The normalized spacial score (nSPS) is 11.3. The summed E-state index contributed by atoms with van der Waals surface area (Å²) in [5.41, 5.74) is 8.31. The van der Waals surface area contributed by atoms with E-state index < -0.39 is 0 Å². The number of carbonyl (C=O) groups excluding carboxylic acids is 1. The van der Waals surface area contributed by atoms with E-state index in [2.05, 4.69) is 24.1 Å². The molecule has 0 aliphatic heterocycles. The molecule has 1 aromatic carbocycles. The first-order valence-corrected chi connectivity index (χ1v) is 7.52. The number of nitrogens with two attached hydrogens (primary N) is 1. The van der Waals surface area contributed by atoms with E-state index in [0.29, 0.717) is 24.8 Å². The third-order valence-electron chi connectivity index (χ3n) is 3.41. The highest BCUT2D eigenvalue weighted by molar-refractivity contribution is 5.89. The summed E-state index contributed by atoms with van der Waals surface area (Å²) in [7, 11) is 1.61. The number of amides is 1. The number of aromatic nitrogens is 2. The number of ether oxygens (including phenoxy) is 1. The fourth-order valence-corrected chi connectivity index (χ4v) is 2.41. The number of imidazole rings is 1. The van der Waals surface area contributed by atoms with Gasteiger partial charge in [0.05, 0.1) is 17.8 Å². The van der Waals surface area contributed by atoms with E-state index in [4.69, 9.17) is 10.5 Å². The Bertz CT molecular complexity index is 649. The molecule has 0 fully saturated rings. The molecule has 2 rings (SSSR count). The Hall–Kier alpha value is -2.08. The molecule has 3 N–H and O–H groups in total. The first-order valence-electron chi connectivity index (χ1n) is 7.52. The number of nitrogen functional groups attached to an aromatic ring is 1. The third-order valence-corrected chi connectivity index (χ3v) is 3.41. The summed E-state index contributed by atoms with van der Waals surface area (Å²) in [6.07, 6.45) is 0.805. The van der Waals surface area contributed by atoms with E-state index in [0.717, 1.165) is 23.3 Å². The van der Waals surface area contributed by atoms with Crippen molar-refractivity contribution < 1.29 is 9.53 Å². The molecular formula is C16H24N4O2. The molecule has 0 radical (unpaired) electrons. The van der Waals surface area contributed by atoms with Gasteiger partial charge in [-0.2, -0.15) is 0 Å². The average Bonchev–Trinajstić information content (AvgIpc) is 2.78. The van der Waals surface area contributed by atoms with E-state index in [9.17, 15) is 4.79 Å². The highest BCUT2D eigenvalue weighted by Crippen LogP contribution is 2.23. The molecule has 0 spiro atoms. The number of methoxy groups -OCH3 is 1. The summed E-state index contributed by atoms with van der Waals surface area (Å²) >= 11 is 0. The molecular weight excluding hydrogens is 280 g/mol. The van der Waals surface area contributed by atoms with Crippen molar-refractivity contribution in [2.75, 3.05) is 26.0 Å². The second kappa shape index (κ2) is 7.26. The maximum atomic E-state index is 12.1. The van der Waals surface area contributed by atoms with Crippen LogP contribution in [0.5, 0.6) is 0 Å². The van der Waals surface area contributed by atoms with Crippen LogP contribution in [0.4, 0.5) is 5.69 Å². The summed E-state index contributed by atoms with van der Waals surface area (Å²) in [5.74, 6) is 1.29. The maximum absolute atomic E-state index is 12.1. The zero-order valence-corrected chi connectivity index (χ0v) is 13.4. The molecule has 0 unspecified atom stereocenters. The molecule has 0 saturated heterocycles. The SMILES string of the molecule is COCCNC(=O)Cn1c(CC(C)C)nc2c(N)cccc21. The largest absolute Gasteiger partial charge is 0.397 e. The number of anilines is 1. The fourth-order valence-electron chi connectivity index (χ4n) is 2.41. The lowest BCUT2D eigenvalue weighted by atomic mass is 10.1. The number of rotatable bonds is 7. The minimum absolute atomic E-state index is 0.0521. The molecule has 0 aliphatic rings. The van der Waals surface area contributed by atoms with Crippen molar-refractivity contribution in [1.29, 1.82) is 0 Å². The van der Waals surface area contributed by atoms with Crippen LogP contribution in [0.3, 0.4) is 0 Å². The van der Waals surface area contributed by atoms with Gasteiger partial charge in [-0.1, -0.05) is 19.9 Å². The minimum Gasteiger partial charge on any atom is -0.397 e. The summed E-state index contributed by atoms with van der Waals surface area (Å²) in [4.78, 5) is 16.7. The number of fused-ring (bicyclic) bond motifs is 1. The van der Waals surface area contributed by atoms with Gasteiger partial charge in [-0.05, 0) is 18.1 Å². The Labute approximate surface area is 130 Å². The van der Waals surface area contributed by atoms with Gasteiger partial charge in [0, 0.05) is 20.1 Å². The first kappa shape index (κ1) is 16.3. The summed E-state index contributed by atoms with van der Waals surface area (Å²) in [5, 5.41) is 2.84. The molecule has 0 atom stereocenters. The van der Waals surface area contributed by atoms with Crippen molar-refractivity contribution in [3.8, 4) is 0 Å². The van der Waals surface area contributed by atoms with Gasteiger partial charge in [0.15, 0.2) is 0 Å². The zero-order chi connectivity index (χ0) is 16.1. The predicted molar refractivity (Wildman–Crippen MR) is 87.6 cm³/mol. The van der Waals surface area contributed by atoms with Crippen LogP contribution < -0.4 is 11.1 Å². The van der Waals surface area contributed by atoms with E-state index in [-0.39, 0.29) is 12.5 Å². The van der Waals surface area contributed by atoms with Gasteiger partial charge in [-0.3, -0.25) is 4.79 Å². The Kier molecular flexibility index (Phi) is 5.38. The molecule has 0 bridgehead atoms. The van der Waals surface area contributed by atoms with E-state index in [1.165, 1.54) is 0 Å². The van der Waals surface area contributed by atoms with Gasteiger partial charge in [0.2, 0.25) is 5.91 Å². The number of benzene rings is 1. The predicted octanol–water partition coefficient (Wildman–Crippen LogP) is 1.58. The number of hydrogen-bond acceptors (Lipinski definition) is 4. The molecule has 6 nitrogen and oxygen atoms in total. The molecule has 1 amide bonds. The third kappa shape index (κ3) is 3.76. The second-order valence-corrected chi connectivity index (χ2v) is 5.77. The molecule has 22 heavy (non-hydrogen) atoms. The maximum Gasteiger partial charge on any atom is 0.240 e. The van der Waals surface area contributed by atoms with Gasteiger partial charge in [-0.25, -0.2) is 4.98 Å². The summed E-state index contributed by atoms with van der Waals surface area (Å²) < 4.78 is 6.89. The topological polar surface area (TPSA) is 82.2 Å². The molecule has 0 saturated carbocycles. The van der Waals surface area contributed by atoms with Crippen molar-refractivity contribution in [2.45, 2.75) is 26.8 Å². The van der Waals surface area contributed by atoms with Crippen LogP contribution in [0.2, 0.25) is 0 Å². The number of hydrogen-bond donors (Lipinski definition) is 2. The lowest BCUT2D eigenvalue weighted by molar-refractivity contribution is -0.121. The van der Waals surface area contributed by atoms with Crippen LogP contribution in [-0.4, -0.2) is 35.7 Å². The van der Waals surface area contributed by atoms with Crippen LogP contribution in [0.25, 0.3) is 11.0 Å². The van der Waals surface area contributed by atoms with Crippen LogP contribution in [-0.2, 0) is 22.5 Å². The smallest absolute Gasteiger partial charge is 0.240 e. The number of nitrogens with one attached hydrogen (secondary N) is 1. The van der Waals surface area contributed by atoms with E-state index in [1.54, 1.807) is 7.11 Å². The van der Waals surface area contributed by atoms with Gasteiger partial charge in [0.25, 0.3) is 0 Å². The molecule has 6 heteroatoms. The fraction of sp³-hybridized carbons (Fsp3) is 0.500. The van der Waals surface area contributed by atoms with Crippen molar-refractivity contribution >= 4 is 22.6 Å². The number of para-hydroxylation sites is 1. The lowest BCUT2D eigenvalue weighted by Crippen LogP contribution is -2.31. The van der Waals surface area contributed by atoms with Gasteiger partial charge in [0.1, 0.15) is 17.9 Å². The van der Waals surface area contributed by atoms with Crippen molar-refractivity contribution in [3.63, 3.8) is 0 Å². The number of carbonyl (C=O) groups is 1.